The average Bonchev–Trinajstić information content (AvgIpc) is 3.11. The summed E-state index contributed by atoms with van der Waals surface area (Å²) in [5.41, 5.74) is 1.98. The molecule has 5 rings (SSSR count). The van der Waals surface area contributed by atoms with E-state index in [1.54, 1.807) is 23.0 Å². The fourth-order valence-corrected chi connectivity index (χ4v) is 3.82. The average molecular weight is 446 g/mol. The predicted molar refractivity (Wildman–Crippen MR) is 113 cm³/mol. The van der Waals surface area contributed by atoms with Crippen molar-refractivity contribution in [2.75, 3.05) is 10.6 Å². The van der Waals surface area contributed by atoms with E-state index in [1.807, 2.05) is 13.8 Å². The number of H-pyrrole nitrogens is 1. The van der Waals surface area contributed by atoms with Crippen molar-refractivity contribution in [2.24, 2.45) is 5.92 Å². The number of hydrogen-bond donors (Lipinski definition) is 3. The smallest absolute Gasteiger partial charge is 0.231 e. The summed E-state index contributed by atoms with van der Waals surface area (Å²) in [7, 11) is 0. The Bertz CT molecular complexity index is 1330. The van der Waals surface area contributed by atoms with Crippen LogP contribution in [0.25, 0.3) is 27.8 Å². The molecule has 0 radical (unpaired) electrons. The van der Waals surface area contributed by atoms with Crippen molar-refractivity contribution in [2.45, 2.75) is 32.5 Å². The lowest BCUT2D eigenvalue weighted by Gasteiger charge is -2.15. The summed E-state index contributed by atoms with van der Waals surface area (Å²) in [4.78, 5) is 20.6. The van der Waals surface area contributed by atoms with Gasteiger partial charge in [0.05, 0.1) is 46.4 Å². The molecular formula is C20H18ClF2N7O. The highest BCUT2D eigenvalue weighted by molar-refractivity contribution is 6.35. The highest BCUT2D eigenvalue weighted by Gasteiger charge is 2.43. The molecule has 0 saturated heterocycles. The van der Waals surface area contributed by atoms with Gasteiger partial charge in [0, 0.05) is 23.2 Å². The van der Waals surface area contributed by atoms with Crippen LogP contribution in [0.1, 0.15) is 20.3 Å². The van der Waals surface area contributed by atoms with Gasteiger partial charge in [-0.15, -0.1) is 0 Å². The van der Waals surface area contributed by atoms with Crippen LogP contribution in [0.4, 0.5) is 20.3 Å². The SMILES string of the molecule is CC(C)Nc1c(F)c(Cl)c(-c2cn3cc(NC(=O)[C@H]4C[C@H]4F)nc3cn2)c2cn[nH]c12. The summed E-state index contributed by atoms with van der Waals surface area (Å²) in [6, 6.07) is -0.0136. The fourth-order valence-electron chi connectivity index (χ4n) is 3.53. The number of aromatic nitrogens is 5. The molecule has 1 saturated carbocycles. The minimum absolute atomic E-state index is 0.0136. The number of anilines is 2. The first-order chi connectivity index (χ1) is 14.8. The second-order valence-corrected chi connectivity index (χ2v) is 8.23. The minimum Gasteiger partial charge on any atom is -0.379 e. The quantitative estimate of drug-likeness (QED) is 0.428. The molecule has 4 aromatic rings. The normalized spacial score (nSPS) is 18.1. The molecule has 0 bridgehead atoms. The number of nitrogens with zero attached hydrogens (tertiary/aromatic N) is 4. The highest BCUT2D eigenvalue weighted by atomic mass is 35.5. The predicted octanol–water partition coefficient (Wildman–Crippen LogP) is 4.18. The van der Waals surface area contributed by atoms with Crippen molar-refractivity contribution in [3.05, 3.63) is 35.6 Å². The van der Waals surface area contributed by atoms with Crippen molar-refractivity contribution in [3.63, 3.8) is 0 Å². The Morgan fingerprint density at radius 1 is 1.35 bits per heavy atom. The summed E-state index contributed by atoms with van der Waals surface area (Å²) in [6.45, 7) is 3.79. The Balaban J connectivity index is 1.57. The van der Waals surface area contributed by atoms with Crippen molar-refractivity contribution < 1.29 is 13.6 Å². The van der Waals surface area contributed by atoms with Gasteiger partial charge in [0.25, 0.3) is 0 Å². The van der Waals surface area contributed by atoms with Crippen molar-refractivity contribution in [3.8, 4) is 11.3 Å². The molecule has 1 aliphatic carbocycles. The van der Waals surface area contributed by atoms with E-state index in [9.17, 15) is 9.18 Å². The molecule has 1 aliphatic rings. The molecule has 8 nitrogen and oxygen atoms in total. The third-order valence-corrected chi connectivity index (χ3v) is 5.48. The van der Waals surface area contributed by atoms with Crippen LogP contribution in [0.15, 0.2) is 24.8 Å². The van der Waals surface area contributed by atoms with E-state index in [0.717, 1.165) is 0 Å². The molecule has 1 amide bonds. The third-order valence-electron chi connectivity index (χ3n) is 5.12. The van der Waals surface area contributed by atoms with Gasteiger partial charge < -0.3 is 15.0 Å². The summed E-state index contributed by atoms with van der Waals surface area (Å²) < 4.78 is 29.9. The van der Waals surface area contributed by atoms with Crippen LogP contribution in [0.3, 0.4) is 0 Å². The number of hydrogen-bond acceptors (Lipinski definition) is 5. The van der Waals surface area contributed by atoms with Gasteiger partial charge in [-0.2, -0.15) is 5.10 Å². The van der Waals surface area contributed by atoms with E-state index in [-0.39, 0.29) is 29.0 Å². The van der Waals surface area contributed by atoms with E-state index in [1.165, 1.54) is 6.20 Å². The van der Waals surface area contributed by atoms with Crippen molar-refractivity contribution >= 4 is 45.6 Å². The first-order valence-corrected chi connectivity index (χ1v) is 10.1. The van der Waals surface area contributed by atoms with Gasteiger partial charge in [0.15, 0.2) is 17.3 Å². The number of rotatable bonds is 5. The highest BCUT2D eigenvalue weighted by Crippen LogP contribution is 2.41. The van der Waals surface area contributed by atoms with Gasteiger partial charge in [-0.3, -0.25) is 14.9 Å². The number of halogens is 3. The van der Waals surface area contributed by atoms with Crippen LogP contribution in [0.2, 0.25) is 5.02 Å². The summed E-state index contributed by atoms with van der Waals surface area (Å²) in [5.74, 6) is -1.34. The zero-order valence-electron chi connectivity index (χ0n) is 16.6. The van der Waals surface area contributed by atoms with Gasteiger partial charge in [0.1, 0.15) is 6.17 Å². The lowest BCUT2D eigenvalue weighted by atomic mass is 10.1. The Labute approximate surface area is 180 Å². The standard InChI is InChI=1S/C20H18ClF2N7O/c1-8(2)26-19-17(23)16(21)15(10-4-25-29-18(10)19)12-6-30-7-13(27-14(30)5-24-12)28-20(31)9-3-11(9)22/h4-9,11,26H,3H2,1-2H3,(H,25,29)(H,28,31)/t9-,11+/m0/s1. The van der Waals surface area contributed by atoms with Gasteiger partial charge in [-0.05, 0) is 20.3 Å². The topological polar surface area (TPSA) is 100 Å². The van der Waals surface area contributed by atoms with E-state index >= 15 is 4.39 Å². The molecule has 3 heterocycles. The maximum atomic E-state index is 15.1. The lowest BCUT2D eigenvalue weighted by molar-refractivity contribution is -0.117. The Morgan fingerprint density at radius 3 is 2.84 bits per heavy atom. The molecule has 3 aromatic heterocycles. The molecule has 0 unspecified atom stereocenters. The number of alkyl halides is 1. The summed E-state index contributed by atoms with van der Waals surface area (Å²) in [5, 5.41) is 13.1. The Hall–Kier alpha value is -3.27. The van der Waals surface area contributed by atoms with E-state index in [2.05, 4.69) is 30.8 Å². The second-order valence-electron chi connectivity index (χ2n) is 7.85. The lowest BCUT2D eigenvalue weighted by Crippen LogP contribution is -2.15. The van der Waals surface area contributed by atoms with Gasteiger partial charge in [-0.25, -0.2) is 13.8 Å². The maximum absolute atomic E-state index is 15.1. The van der Waals surface area contributed by atoms with Gasteiger partial charge >= 0.3 is 0 Å². The zero-order chi connectivity index (χ0) is 21.9. The second kappa shape index (κ2) is 7.16. The maximum Gasteiger partial charge on any atom is 0.231 e. The zero-order valence-corrected chi connectivity index (χ0v) is 17.3. The molecule has 0 spiro atoms. The van der Waals surface area contributed by atoms with Crippen LogP contribution >= 0.6 is 11.6 Å². The van der Waals surface area contributed by atoms with E-state index in [0.29, 0.717) is 27.8 Å². The molecule has 11 heteroatoms. The fraction of sp³-hybridized carbons (Fsp3) is 0.300. The first kappa shape index (κ1) is 19.7. The largest absolute Gasteiger partial charge is 0.379 e. The molecule has 160 valence electrons. The van der Waals surface area contributed by atoms with E-state index < -0.39 is 23.8 Å². The van der Waals surface area contributed by atoms with Crippen molar-refractivity contribution in [1.29, 1.82) is 0 Å². The molecule has 1 fully saturated rings. The molecule has 2 atom stereocenters. The van der Waals surface area contributed by atoms with Crippen molar-refractivity contribution in [1.82, 2.24) is 24.6 Å². The Morgan fingerprint density at radius 2 is 2.13 bits per heavy atom. The number of amides is 1. The van der Waals surface area contributed by atoms with Gasteiger partial charge in [0.2, 0.25) is 5.91 Å². The number of benzene rings is 1. The van der Waals surface area contributed by atoms with Gasteiger partial charge in [-0.1, -0.05) is 11.6 Å². The third kappa shape index (κ3) is 3.36. The number of imidazole rings is 1. The minimum atomic E-state index is -1.09. The van der Waals surface area contributed by atoms with Crippen LogP contribution in [0, 0.1) is 11.7 Å². The number of nitrogens with one attached hydrogen (secondary N) is 3. The molecule has 0 aliphatic heterocycles. The number of aromatic amines is 1. The van der Waals surface area contributed by atoms with Crippen LogP contribution < -0.4 is 10.6 Å². The molecule has 1 aromatic carbocycles. The molecule has 3 N–H and O–H groups in total. The van der Waals surface area contributed by atoms with E-state index in [4.69, 9.17) is 11.6 Å². The molecule has 31 heavy (non-hydrogen) atoms. The molecular weight excluding hydrogens is 428 g/mol. The number of carbonyl (C=O) groups excluding carboxylic acids is 1. The number of carbonyl (C=O) groups is 1. The monoisotopic (exact) mass is 445 g/mol. The van der Waals surface area contributed by atoms with Crippen LogP contribution in [-0.4, -0.2) is 42.7 Å². The van der Waals surface area contributed by atoms with Crippen LogP contribution in [0.5, 0.6) is 0 Å². The first-order valence-electron chi connectivity index (χ1n) is 9.74. The Kier molecular flexibility index (Phi) is 4.54. The van der Waals surface area contributed by atoms with Crippen LogP contribution in [-0.2, 0) is 4.79 Å². The number of fused-ring (bicyclic) bond motifs is 2. The summed E-state index contributed by atoms with van der Waals surface area (Å²) in [6.07, 6.45) is 5.41. The summed E-state index contributed by atoms with van der Waals surface area (Å²) >= 11 is 6.42.